The van der Waals surface area contributed by atoms with Gasteiger partial charge in [-0.2, -0.15) is 13.2 Å². The van der Waals surface area contributed by atoms with Gasteiger partial charge in [-0.3, -0.25) is 0 Å². The fourth-order valence-corrected chi connectivity index (χ4v) is 2.42. The van der Waals surface area contributed by atoms with Gasteiger partial charge in [-0.05, 0) is 32.4 Å². The van der Waals surface area contributed by atoms with Gasteiger partial charge in [0.05, 0.1) is 12.6 Å². The summed E-state index contributed by atoms with van der Waals surface area (Å²) in [6, 6.07) is 6.55. The first-order valence-electron chi connectivity index (χ1n) is 8.64. The molecule has 0 spiro atoms. The van der Waals surface area contributed by atoms with Crippen molar-refractivity contribution in [1.29, 1.82) is 0 Å². The number of amides is 2. The van der Waals surface area contributed by atoms with E-state index >= 15 is 0 Å². The number of para-hydroxylation sites is 1. The third-order valence-electron chi connectivity index (χ3n) is 3.62. The van der Waals surface area contributed by atoms with Gasteiger partial charge in [0.25, 0.3) is 0 Å². The molecule has 1 unspecified atom stereocenters. The summed E-state index contributed by atoms with van der Waals surface area (Å²) in [5.41, 5.74) is 0.616. The van der Waals surface area contributed by atoms with Crippen molar-refractivity contribution < 1.29 is 31.9 Å². The number of fused-ring (bicyclic) bond motifs is 1. The first kappa shape index (κ1) is 20.9. The summed E-state index contributed by atoms with van der Waals surface area (Å²) in [5.74, 6) is 1.21. The smallest absolute Gasteiger partial charge is 0.411 e. The molecular formula is C18H23F3N2O4. The lowest BCUT2D eigenvalue weighted by atomic mass is 10.2. The molecule has 0 aliphatic rings. The van der Waals surface area contributed by atoms with Crippen LogP contribution in [0.15, 0.2) is 28.7 Å². The Morgan fingerprint density at radius 1 is 1.33 bits per heavy atom. The molecule has 0 saturated carbocycles. The number of alkyl halides is 3. The van der Waals surface area contributed by atoms with Crippen molar-refractivity contribution >= 4 is 17.0 Å². The SMILES string of the molecule is CCOc1cccc2cc(C(C)NC(=O)NCCCOCC(F)(F)F)oc12. The molecule has 0 bridgehead atoms. The zero-order valence-electron chi connectivity index (χ0n) is 15.2. The van der Waals surface area contributed by atoms with E-state index in [0.717, 1.165) is 5.39 Å². The van der Waals surface area contributed by atoms with Crippen LogP contribution in [0, 0.1) is 0 Å². The molecule has 6 nitrogen and oxygen atoms in total. The van der Waals surface area contributed by atoms with E-state index in [1.54, 1.807) is 6.92 Å². The van der Waals surface area contributed by atoms with Crippen molar-refractivity contribution in [2.45, 2.75) is 32.5 Å². The monoisotopic (exact) mass is 388 g/mol. The Hall–Kier alpha value is -2.42. The van der Waals surface area contributed by atoms with Gasteiger partial charge in [-0.25, -0.2) is 4.79 Å². The van der Waals surface area contributed by atoms with Crippen molar-refractivity contribution in [2.75, 3.05) is 26.4 Å². The van der Waals surface area contributed by atoms with Crippen LogP contribution in [0.2, 0.25) is 0 Å². The number of carbonyl (C=O) groups excluding carboxylic acids is 1. The van der Waals surface area contributed by atoms with E-state index in [4.69, 9.17) is 9.15 Å². The minimum Gasteiger partial charge on any atom is -0.490 e. The van der Waals surface area contributed by atoms with Crippen LogP contribution in [0.3, 0.4) is 0 Å². The molecule has 1 heterocycles. The fraction of sp³-hybridized carbons (Fsp3) is 0.500. The van der Waals surface area contributed by atoms with E-state index in [9.17, 15) is 18.0 Å². The number of urea groups is 1. The van der Waals surface area contributed by atoms with Crippen molar-refractivity contribution in [3.8, 4) is 5.75 Å². The Morgan fingerprint density at radius 3 is 2.81 bits per heavy atom. The van der Waals surface area contributed by atoms with Crippen LogP contribution in [-0.2, 0) is 4.74 Å². The molecule has 150 valence electrons. The highest BCUT2D eigenvalue weighted by atomic mass is 19.4. The van der Waals surface area contributed by atoms with E-state index in [1.807, 2.05) is 31.2 Å². The van der Waals surface area contributed by atoms with E-state index in [-0.39, 0.29) is 19.6 Å². The predicted octanol–water partition coefficient (Wildman–Crippen LogP) is 4.16. The average molecular weight is 388 g/mol. The summed E-state index contributed by atoms with van der Waals surface area (Å²) in [4.78, 5) is 11.9. The number of carbonyl (C=O) groups is 1. The lowest BCUT2D eigenvalue weighted by Gasteiger charge is -2.13. The minimum absolute atomic E-state index is 0.0842. The maximum Gasteiger partial charge on any atom is 0.411 e. The number of halogens is 3. The number of hydrogen-bond acceptors (Lipinski definition) is 4. The van der Waals surface area contributed by atoms with Crippen molar-refractivity contribution in [3.63, 3.8) is 0 Å². The van der Waals surface area contributed by atoms with Gasteiger partial charge in [0.1, 0.15) is 12.4 Å². The minimum atomic E-state index is -4.34. The summed E-state index contributed by atoms with van der Waals surface area (Å²) in [6.45, 7) is 2.99. The van der Waals surface area contributed by atoms with E-state index in [0.29, 0.717) is 23.7 Å². The fourth-order valence-electron chi connectivity index (χ4n) is 2.42. The molecule has 0 aliphatic carbocycles. The summed E-state index contributed by atoms with van der Waals surface area (Å²) in [5, 5.41) is 6.15. The number of ether oxygens (including phenoxy) is 2. The summed E-state index contributed by atoms with van der Waals surface area (Å²) < 4.78 is 51.6. The van der Waals surface area contributed by atoms with Crippen LogP contribution in [0.5, 0.6) is 5.75 Å². The quantitative estimate of drug-likeness (QED) is 0.633. The van der Waals surface area contributed by atoms with Crippen LogP contribution in [0.1, 0.15) is 32.1 Å². The van der Waals surface area contributed by atoms with Gasteiger partial charge in [0.2, 0.25) is 0 Å². The molecule has 2 amide bonds. The predicted molar refractivity (Wildman–Crippen MR) is 93.8 cm³/mol. The van der Waals surface area contributed by atoms with Crippen LogP contribution < -0.4 is 15.4 Å². The number of rotatable bonds is 9. The number of hydrogen-bond donors (Lipinski definition) is 2. The molecule has 0 fully saturated rings. The second-order valence-corrected chi connectivity index (χ2v) is 5.90. The molecule has 0 aliphatic heterocycles. The number of nitrogens with one attached hydrogen (secondary N) is 2. The van der Waals surface area contributed by atoms with Crippen molar-refractivity contribution in [1.82, 2.24) is 10.6 Å². The van der Waals surface area contributed by atoms with Crippen LogP contribution in [0.25, 0.3) is 11.0 Å². The first-order valence-corrected chi connectivity index (χ1v) is 8.64. The molecule has 1 atom stereocenters. The highest BCUT2D eigenvalue weighted by Crippen LogP contribution is 2.31. The second kappa shape index (κ2) is 9.50. The van der Waals surface area contributed by atoms with Gasteiger partial charge in [-0.1, -0.05) is 12.1 Å². The van der Waals surface area contributed by atoms with E-state index < -0.39 is 24.9 Å². The Kier molecular flexibility index (Phi) is 7.35. The largest absolute Gasteiger partial charge is 0.490 e. The maximum absolute atomic E-state index is 11.9. The Morgan fingerprint density at radius 2 is 2.11 bits per heavy atom. The highest BCUT2D eigenvalue weighted by molar-refractivity contribution is 5.84. The van der Waals surface area contributed by atoms with Gasteiger partial charge >= 0.3 is 12.2 Å². The molecule has 9 heteroatoms. The van der Waals surface area contributed by atoms with Crippen molar-refractivity contribution in [2.24, 2.45) is 0 Å². The maximum atomic E-state index is 11.9. The van der Waals surface area contributed by atoms with Gasteiger partial charge in [0.15, 0.2) is 11.3 Å². The lowest BCUT2D eigenvalue weighted by Crippen LogP contribution is -2.37. The summed E-state index contributed by atoms with van der Waals surface area (Å²) in [6.07, 6.45) is -4.06. The molecule has 1 aromatic carbocycles. The Labute approximate surface area is 155 Å². The standard InChI is InChI=1S/C18H23F3N2O4/c1-3-26-14-7-4-6-13-10-15(27-16(13)14)12(2)23-17(24)22-8-5-9-25-11-18(19,20)21/h4,6-7,10,12H,3,5,8-9,11H2,1-2H3,(H2,22,23,24). The molecule has 27 heavy (non-hydrogen) atoms. The van der Waals surface area contributed by atoms with Crippen LogP contribution in [-0.4, -0.2) is 38.6 Å². The molecule has 1 aromatic heterocycles. The van der Waals surface area contributed by atoms with Crippen LogP contribution in [0.4, 0.5) is 18.0 Å². The van der Waals surface area contributed by atoms with Gasteiger partial charge < -0.3 is 24.5 Å². The summed E-state index contributed by atoms with van der Waals surface area (Å²) >= 11 is 0. The first-order chi connectivity index (χ1) is 12.8. The molecule has 0 saturated heterocycles. The average Bonchev–Trinajstić information content (AvgIpc) is 3.03. The zero-order valence-corrected chi connectivity index (χ0v) is 15.2. The molecule has 0 radical (unpaired) electrons. The lowest BCUT2D eigenvalue weighted by molar-refractivity contribution is -0.173. The summed E-state index contributed by atoms with van der Waals surface area (Å²) in [7, 11) is 0. The van der Waals surface area contributed by atoms with Gasteiger partial charge in [-0.15, -0.1) is 0 Å². The molecule has 2 rings (SSSR count). The normalized spacial score (nSPS) is 12.8. The molecular weight excluding hydrogens is 365 g/mol. The van der Waals surface area contributed by atoms with Gasteiger partial charge in [0, 0.05) is 18.5 Å². The van der Waals surface area contributed by atoms with E-state index in [2.05, 4.69) is 15.4 Å². The van der Waals surface area contributed by atoms with Crippen LogP contribution >= 0.6 is 0 Å². The van der Waals surface area contributed by atoms with E-state index in [1.165, 1.54) is 0 Å². The topological polar surface area (TPSA) is 72.7 Å². The van der Waals surface area contributed by atoms with Crippen molar-refractivity contribution in [3.05, 3.63) is 30.0 Å². The molecule has 2 N–H and O–H groups in total. The third-order valence-corrected chi connectivity index (χ3v) is 3.62. The number of benzene rings is 1. The molecule has 2 aromatic rings. The Bertz CT molecular complexity index is 746. The third kappa shape index (κ3) is 6.67. The highest BCUT2D eigenvalue weighted by Gasteiger charge is 2.27. The zero-order chi connectivity index (χ0) is 19.9. The number of furan rings is 1. The Balaban J connectivity index is 1.79. The second-order valence-electron chi connectivity index (χ2n) is 5.90.